The molecule has 0 aliphatic carbocycles. The number of amides is 2. The first-order chi connectivity index (χ1) is 16.8. The molecule has 0 bridgehead atoms. The van der Waals surface area contributed by atoms with Crippen LogP contribution >= 0.6 is 0 Å². The fraction of sp³-hybridized carbons (Fsp3) is 0.133. The normalized spacial score (nSPS) is 10.9. The molecule has 0 unspecified atom stereocenters. The van der Waals surface area contributed by atoms with Gasteiger partial charge in [-0.3, -0.25) is 9.59 Å². The summed E-state index contributed by atoms with van der Waals surface area (Å²) < 4.78 is 0. The first kappa shape index (κ1) is 23.8. The Bertz CT molecular complexity index is 1320. The molecule has 35 heavy (non-hydrogen) atoms. The standard InChI is InChI=1S/C30H29N3O2/c1-30(2,3)22-18-16-21(17-19-22)28(34)32-24-12-9-13-25(20-24)33-29(35)26-14-7-8-15-27(26)31-23-10-5-4-6-11-23/h4-20,31H,1-3H3,(H,32,34)(H,33,35). The molecule has 4 aromatic rings. The third kappa shape index (κ3) is 6.15. The molecule has 3 N–H and O–H groups in total. The van der Waals surface area contributed by atoms with E-state index in [2.05, 4.69) is 36.7 Å². The van der Waals surface area contributed by atoms with Crippen LogP contribution in [0.2, 0.25) is 0 Å². The minimum atomic E-state index is -0.245. The van der Waals surface area contributed by atoms with Crippen LogP contribution in [0.4, 0.5) is 22.7 Å². The Hall–Kier alpha value is -4.38. The molecule has 0 aliphatic heterocycles. The van der Waals surface area contributed by atoms with E-state index in [1.165, 1.54) is 5.56 Å². The summed E-state index contributed by atoms with van der Waals surface area (Å²) in [6.07, 6.45) is 0. The van der Waals surface area contributed by atoms with E-state index in [0.717, 1.165) is 5.69 Å². The van der Waals surface area contributed by atoms with Crippen LogP contribution in [0.15, 0.2) is 103 Å². The number of carbonyl (C=O) groups is 2. The van der Waals surface area contributed by atoms with E-state index in [1.54, 1.807) is 30.3 Å². The van der Waals surface area contributed by atoms with Crippen LogP contribution in [0, 0.1) is 0 Å². The molecule has 4 rings (SSSR count). The number of anilines is 4. The Labute approximate surface area is 206 Å². The van der Waals surface area contributed by atoms with Crippen LogP contribution in [0.5, 0.6) is 0 Å². The van der Waals surface area contributed by atoms with E-state index in [0.29, 0.717) is 28.2 Å². The van der Waals surface area contributed by atoms with Crippen molar-refractivity contribution in [1.82, 2.24) is 0 Å². The monoisotopic (exact) mass is 463 g/mol. The fourth-order valence-electron chi connectivity index (χ4n) is 3.67. The van der Waals surface area contributed by atoms with Crippen molar-refractivity contribution >= 4 is 34.6 Å². The van der Waals surface area contributed by atoms with Crippen molar-refractivity contribution in [2.24, 2.45) is 0 Å². The van der Waals surface area contributed by atoms with Crippen LogP contribution in [0.3, 0.4) is 0 Å². The number of carbonyl (C=O) groups excluding carboxylic acids is 2. The van der Waals surface area contributed by atoms with Crippen LogP contribution in [-0.2, 0) is 5.41 Å². The summed E-state index contributed by atoms with van der Waals surface area (Å²) in [5.41, 5.74) is 5.08. The van der Waals surface area contributed by atoms with Crippen LogP contribution in [-0.4, -0.2) is 11.8 Å². The second-order valence-electron chi connectivity index (χ2n) is 9.35. The molecule has 4 aromatic carbocycles. The Morgan fingerprint density at radius 2 is 1.17 bits per heavy atom. The lowest BCUT2D eigenvalue weighted by atomic mass is 9.87. The van der Waals surface area contributed by atoms with Crippen molar-refractivity contribution in [2.75, 3.05) is 16.0 Å². The van der Waals surface area contributed by atoms with E-state index in [4.69, 9.17) is 0 Å². The van der Waals surface area contributed by atoms with Gasteiger partial charge < -0.3 is 16.0 Å². The van der Waals surface area contributed by atoms with Crippen molar-refractivity contribution in [3.05, 3.63) is 120 Å². The van der Waals surface area contributed by atoms with Crippen molar-refractivity contribution in [3.8, 4) is 0 Å². The molecule has 0 heterocycles. The average molecular weight is 464 g/mol. The fourth-order valence-corrected chi connectivity index (χ4v) is 3.67. The number of hydrogen-bond acceptors (Lipinski definition) is 3. The van der Waals surface area contributed by atoms with Gasteiger partial charge in [-0.1, -0.05) is 69.3 Å². The highest BCUT2D eigenvalue weighted by Crippen LogP contribution is 2.24. The molecule has 176 valence electrons. The molecule has 5 heteroatoms. The molecule has 0 radical (unpaired) electrons. The molecule has 0 aromatic heterocycles. The smallest absolute Gasteiger partial charge is 0.257 e. The van der Waals surface area contributed by atoms with Gasteiger partial charge in [0, 0.05) is 22.6 Å². The molecular formula is C30H29N3O2. The van der Waals surface area contributed by atoms with Gasteiger partial charge in [0.2, 0.25) is 0 Å². The Morgan fingerprint density at radius 3 is 1.83 bits per heavy atom. The molecule has 0 spiro atoms. The highest BCUT2D eigenvalue weighted by Gasteiger charge is 2.15. The number of para-hydroxylation sites is 2. The highest BCUT2D eigenvalue weighted by atomic mass is 16.2. The zero-order valence-corrected chi connectivity index (χ0v) is 20.1. The number of nitrogens with one attached hydrogen (secondary N) is 3. The van der Waals surface area contributed by atoms with Gasteiger partial charge in [0.1, 0.15) is 0 Å². The molecule has 0 aliphatic rings. The van der Waals surface area contributed by atoms with Crippen molar-refractivity contribution in [2.45, 2.75) is 26.2 Å². The van der Waals surface area contributed by atoms with E-state index in [1.807, 2.05) is 72.8 Å². The van der Waals surface area contributed by atoms with Crippen molar-refractivity contribution in [3.63, 3.8) is 0 Å². The molecule has 0 saturated heterocycles. The van der Waals surface area contributed by atoms with Gasteiger partial charge in [0.15, 0.2) is 0 Å². The molecular weight excluding hydrogens is 434 g/mol. The van der Waals surface area contributed by atoms with Gasteiger partial charge in [0.05, 0.1) is 11.3 Å². The topological polar surface area (TPSA) is 70.2 Å². The summed E-state index contributed by atoms with van der Waals surface area (Å²) in [6, 6.07) is 31.8. The number of hydrogen-bond donors (Lipinski definition) is 3. The maximum atomic E-state index is 13.1. The second kappa shape index (κ2) is 10.3. The molecule has 0 saturated carbocycles. The molecule has 0 fully saturated rings. The van der Waals surface area contributed by atoms with E-state index >= 15 is 0 Å². The Morgan fingerprint density at radius 1 is 0.600 bits per heavy atom. The summed E-state index contributed by atoms with van der Waals surface area (Å²) in [7, 11) is 0. The summed E-state index contributed by atoms with van der Waals surface area (Å²) in [5, 5.41) is 9.13. The maximum absolute atomic E-state index is 13.1. The lowest BCUT2D eigenvalue weighted by Crippen LogP contribution is -2.15. The molecule has 0 atom stereocenters. The largest absolute Gasteiger partial charge is 0.355 e. The quantitative estimate of drug-likeness (QED) is 0.282. The predicted molar refractivity (Wildman–Crippen MR) is 144 cm³/mol. The van der Waals surface area contributed by atoms with Gasteiger partial charge in [-0.05, 0) is 65.6 Å². The number of rotatable bonds is 6. The average Bonchev–Trinajstić information content (AvgIpc) is 2.85. The summed E-state index contributed by atoms with van der Waals surface area (Å²) in [6.45, 7) is 6.41. The Balaban J connectivity index is 1.45. The zero-order chi connectivity index (χ0) is 24.8. The van der Waals surface area contributed by atoms with Crippen LogP contribution in [0.1, 0.15) is 47.1 Å². The van der Waals surface area contributed by atoms with Crippen molar-refractivity contribution in [1.29, 1.82) is 0 Å². The van der Waals surface area contributed by atoms with Crippen LogP contribution in [0.25, 0.3) is 0 Å². The number of benzene rings is 4. The molecule has 5 nitrogen and oxygen atoms in total. The Kier molecular flexibility index (Phi) is 6.97. The van der Waals surface area contributed by atoms with Gasteiger partial charge in [-0.25, -0.2) is 0 Å². The summed E-state index contributed by atoms with van der Waals surface area (Å²) >= 11 is 0. The van der Waals surface area contributed by atoms with Gasteiger partial charge in [-0.15, -0.1) is 0 Å². The second-order valence-corrected chi connectivity index (χ2v) is 9.35. The lowest BCUT2D eigenvalue weighted by Gasteiger charge is -2.19. The van der Waals surface area contributed by atoms with Gasteiger partial charge in [-0.2, -0.15) is 0 Å². The molecule has 2 amide bonds. The minimum Gasteiger partial charge on any atom is -0.355 e. The summed E-state index contributed by atoms with van der Waals surface area (Å²) in [4.78, 5) is 25.8. The van der Waals surface area contributed by atoms with Gasteiger partial charge in [0.25, 0.3) is 11.8 Å². The van der Waals surface area contributed by atoms with E-state index < -0.39 is 0 Å². The predicted octanol–water partition coefficient (Wildman–Crippen LogP) is 7.23. The first-order valence-electron chi connectivity index (χ1n) is 11.5. The third-order valence-corrected chi connectivity index (χ3v) is 5.62. The summed E-state index contributed by atoms with van der Waals surface area (Å²) in [5.74, 6) is -0.448. The first-order valence-corrected chi connectivity index (χ1v) is 11.5. The van der Waals surface area contributed by atoms with Crippen LogP contribution < -0.4 is 16.0 Å². The van der Waals surface area contributed by atoms with E-state index in [9.17, 15) is 9.59 Å². The highest BCUT2D eigenvalue weighted by molar-refractivity contribution is 6.09. The van der Waals surface area contributed by atoms with E-state index in [-0.39, 0.29) is 17.2 Å². The maximum Gasteiger partial charge on any atom is 0.257 e. The lowest BCUT2D eigenvalue weighted by molar-refractivity contribution is 0.102. The zero-order valence-electron chi connectivity index (χ0n) is 20.1. The van der Waals surface area contributed by atoms with Crippen molar-refractivity contribution < 1.29 is 9.59 Å². The van der Waals surface area contributed by atoms with Gasteiger partial charge >= 0.3 is 0 Å². The SMILES string of the molecule is CC(C)(C)c1ccc(C(=O)Nc2cccc(NC(=O)c3ccccc3Nc3ccccc3)c2)cc1. The third-order valence-electron chi connectivity index (χ3n) is 5.62. The minimum absolute atomic E-state index is 0.0246.